The largest absolute Gasteiger partial charge is 0.455 e. The molecule has 0 unspecified atom stereocenters. The van der Waals surface area contributed by atoms with Gasteiger partial charge in [-0.05, 0) is 36.4 Å². The first-order valence-electron chi connectivity index (χ1n) is 9.12. The van der Waals surface area contributed by atoms with E-state index in [1.165, 1.54) is 18.2 Å². The number of hydrogen-bond donors (Lipinski definition) is 2. The molecule has 0 bridgehead atoms. The van der Waals surface area contributed by atoms with Crippen LogP contribution >= 0.6 is 50.7 Å². The molecule has 1 aliphatic heterocycles. The fourth-order valence-corrected chi connectivity index (χ4v) is 3.85. The Hall–Kier alpha value is -2.33. The van der Waals surface area contributed by atoms with Crippen LogP contribution in [0.15, 0.2) is 40.9 Å². The Balaban J connectivity index is 1.50. The first-order chi connectivity index (χ1) is 15.1. The molecule has 1 heterocycles. The number of carbonyl (C=O) groups is 4. The van der Waals surface area contributed by atoms with Crippen molar-refractivity contribution >= 4 is 80.1 Å². The zero-order valence-corrected chi connectivity index (χ0v) is 20.0. The van der Waals surface area contributed by atoms with E-state index in [1.54, 1.807) is 18.2 Å². The molecule has 3 rings (SSSR count). The van der Waals surface area contributed by atoms with Gasteiger partial charge in [-0.3, -0.25) is 29.6 Å². The average molecular weight is 564 g/mol. The number of rotatable bonds is 6. The third kappa shape index (κ3) is 6.13. The standard InChI is InChI=1S/C20H15BrCl3N3O5/c21-12-2-4-16(15(24)7-12)25-17(28)9-32-20(31)11-6-18(29)27(8-11)26-19(30)10-1-3-13(22)14(23)5-10/h1-5,7,11H,6,8-9H2,(H,25,28)(H,26,30)/t11-/m1/s1. The highest BCUT2D eigenvalue weighted by Crippen LogP contribution is 2.26. The predicted octanol–water partition coefficient (Wildman–Crippen LogP) is 4.08. The molecule has 12 heteroatoms. The highest BCUT2D eigenvalue weighted by molar-refractivity contribution is 9.10. The molecule has 8 nitrogen and oxygen atoms in total. The lowest BCUT2D eigenvalue weighted by Crippen LogP contribution is -2.43. The van der Waals surface area contributed by atoms with Gasteiger partial charge in [-0.2, -0.15) is 0 Å². The number of benzene rings is 2. The van der Waals surface area contributed by atoms with Gasteiger partial charge in [-0.15, -0.1) is 0 Å². The van der Waals surface area contributed by atoms with Crippen molar-refractivity contribution in [2.75, 3.05) is 18.5 Å². The molecule has 0 aliphatic carbocycles. The molecule has 1 saturated heterocycles. The summed E-state index contributed by atoms with van der Waals surface area (Å²) >= 11 is 21.0. The van der Waals surface area contributed by atoms with Gasteiger partial charge in [0.2, 0.25) is 5.91 Å². The average Bonchev–Trinajstić information content (AvgIpc) is 3.10. The third-order valence-corrected chi connectivity index (χ3v) is 5.97. The van der Waals surface area contributed by atoms with Crippen molar-refractivity contribution in [2.24, 2.45) is 5.92 Å². The molecule has 2 aromatic rings. The van der Waals surface area contributed by atoms with E-state index >= 15 is 0 Å². The third-order valence-electron chi connectivity index (χ3n) is 4.43. The summed E-state index contributed by atoms with van der Waals surface area (Å²) in [6, 6.07) is 9.16. The minimum absolute atomic E-state index is 0.0924. The van der Waals surface area contributed by atoms with Crippen molar-refractivity contribution in [2.45, 2.75) is 6.42 Å². The molecule has 2 aromatic carbocycles. The molecule has 0 saturated carbocycles. The minimum Gasteiger partial charge on any atom is -0.455 e. The molecular formula is C20H15BrCl3N3O5. The van der Waals surface area contributed by atoms with E-state index < -0.39 is 36.2 Å². The normalized spacial score (nSPS) is 15.4. The number of hydrogen-bond acceptors (Lipinski definition) is 5. The second kappa shape index (κ2) is 10.5. The van der Waals surface area contributed by atoms with Crippen molar-refractivity contribution in [3.8, 4) is 0 Å². The summed E-state index contributed by atoms with van der Waals surface area (Å²) in [4.78, 5) is 48.8. The van der Waals surface area contributed by atoms with Crippen molar-refractivity contribution in [1.82, 2.24) is 10.4 Å². The number of amides is 3. The van der Waals surface area contributed by atoms with Crippen LogP contribution in [0.25, 0.3) is 0 Å². The fourth-order valence-electron chi connectivity index (χ4n) is 2.83. The number of halogens is 4. The first kappa shape index (κ1) is 24.3. The van der Waals surface area contributed by atoms with Crippen LogP contribution in [0.4, 0.5) is 5.69 Å². The zero-order valence-electron chi connectivity index (χ0n) is 16.2. The topological polar surface area (TPSA) is 105 Å². The SMILES string of the molecule is O=C(COC(=O)[C@@H]1CC(=O)N(NC(=O)c2ccc(Cl)c(Cl)c2)C1)Nc1ccc(Br)cc1Cl. The highest BCUT2D eigenvalue weighted by atomic mass is 79.9. The number of anilines is 1. The Morgan fingerprint density at radius 1 is 1.06 bits per heavy atom. The first-order valence-corrected chi connectivity index (χ1v) is 11.0. The predicted molar refractivity (Wildman–Crippen MR) is 122 cm³/mol. The Morgan fingerprint density at radius 3 is 2.50 bits per heavy atom. The second-order valence-electron chi connectivity index (χ2n) is 6.76. The van der Waals surface area contributed by atoms with E-state index in [9.17, 15) is 19.2 Å². The summed E-state index contributed by atoms with van der Waals surface area (Å²) < 4.78 is 5.76. The Labute approximate surface area is 206 Å². The number of nitrogens with zero attached hydrogens (tertiary/aromatic N) is 1. The van der Waals surface area contributed by atoms with Crippen molar-refractivity contribution in [3.63, 3.8) is 0 Å². The van der Waals surface area contributed by atoms with Gasteiger partial charge < -0.3 is 10.1 Å². The molecule has 32 heavy (non-hydrogen) atoms. The summed E-state index contributed by atoms with van der Waals surface area (Å²) in [5.74, 6) is -3.21. The van der Waals surface area contributed by atoms with Gasteiger partial charge in [-0.1, -0.05) is 50.7 Å². The number of hydrazine groups is 1. The van der Waals surface area contributed by atoms with E-state index in [2.05, 4.69) is 26.7 Å². The molecule has 3 amide bonds. The van der Waals surface area contributed by atoms with Crippen LogP contribution in [0.2, 0.25) is 15.1 Å². The minimum atomic E-state index is -0.833. The van der Waals surface area contributed by atoms with Crippen LogP contribution in [0.5, 0.6) is 0 Å². The van der Waals surface area contributed by atoms with Crippen LogP contribution in [0.3, 0.4) is 0 Å². The smallest absolute Gasteiger partial charge is 0.311 e. The van der Waals surface area contributed by atoms with Gasteiger partial charge in [0.05, 0.1) is 33.2 Å². The number of esters is 1. The molecule has 1 fully saturated rings. The molecule has 1 atom stereocenters. The van der Waals surface area contributed by atoms with E-state index in [-0.39, 0.29) is 28.6 Å². The molecule has 2 N–H and O–H groups in total. The number of nitrogens with one attached hydrogen (secondary N) is 2. The molecular weight excluding hydrogens is 548 g/mol. The van der Waals surface area contributed by atoms with Gasteiger partial charge in [0.15, 0.2) is 6.61 Å². The van der Waals surface area contributed by atoms with Crippen molar-refractivity contribution < 1.29 is 23.9 Å². The number of carbonyl (C=O) groups excluding carboxylic acids is 4. The molecule has 168 valence electrons. The van der Waals surface area contributed by atoms with Crippen molar-refractivity contribution in [3.05, 3.63) is 61.5 Å². The maximum atomic E-state index is 12.3. The summed E-state index contributed by atoms with van der Waals surface area (Å²) in [7, 11) is 0. The molecule has 0 spiro atoms. The van der Waals surface area contributed by atoms with Gasteiger partial charge in [0, 0.05) is 16.5 Å². The molecule has 0 radical (unpaired) electrons. The summed E-state index contributed by atoms with van der Waals surface area (Å²) in [5, 5.41) is 4.35. The van der Waals surface area contributed by atoms with Crippen molar-refractivity contribution in [1.29, 1.82) is 0 Å². The molecule has 0 aromatic heterocycles. The fraction of sp³-hybridized carbons (Fsp3) is 0.200. The summed E-state index contributed by atoms with van der Waals surface area (Å²) in [6.07, 6.45) is -0.166. The maximum absolute atomic E-state index is 12.3. The van der Waals surface area contributed by atoms with E-state index in [1.807, 2.05) is 0 Å². The summed E-state index contributed by atoms with van der Waals surface area (Å²) in [6.45, 7) is -0.642. The monoisotopic (exact) mass is 561 g/mol. The Kier molecular flexibility index (Phi) is 8.00. The quantitative estimate of drug-likeness (QED) is 0.516. The lowest BCUT2D eigenvalue weighted by molar-refractivity contribution is -0.151. The van der Waals surface area contributed by atoms with Gasteiger partial charge in [0.1, 0.15) is 0 Å². The van der Waals surface area contributed by atoms with Gasteiger partial charge >= 0.3 is 5.97 Å². The zero-order chi connectivity index (χ0) is 23.4. The summed E-state index contributed by atoms with van der Waals surface area (Å²) in [5.41, 5.74) is 2.98. The second-order valence-corrected chi connectivity index (χ2v) is 8.89. The number of ether oxygens (including phenoxy) is 1. The van der Waals surface area contributed by atoms with Gasteiger partial charge in [-0.25, -0.2) is 0 Å². The van der Waals surface area contributed by atoms with Crippen LogP contribution in [0, 0.1) is 5.92 Å². The van der Waals surface area contributed by atoms with Crippen LogP contribution in [-0.4, -0.2) is 41.9 Å². The van der Waals surface area contributed by atoms with Gasteiger partial charge in [0.25, 0.3) is 11.8 Å². The van der Waals surface area contributed by atoms with E-state index in [0.29, 0.717) is 10.7 Å². The van der Waals surface area contributed by atoms with E-state index in [0.717, 1.165) is 9.48 Å². The maximum Gasteiger partial charge on any atom is 0.311 e. The lowest BCUT2D eigenvalue weighted by Gasteiger charge is -2.17. The molecule has 1 aliphatic rings. The van der Waals surface area contributed by atoms with Crippen LogP contribution in [0.1, 0.15) is 16.8 Å². The van der Waals surface area contributed by atoms with Crippen LogP contribution in [-0.2, 0) is 19.1 Å². The van der Waals surface area contributed by atoms with E-state index in [4.69, 9.17) is 39.5 Å². The van der Waals surface area contributed by atoms with Crippen LogP contribution < -0.4 is 10.7 Å². The Bertz CT molecular complexity index is 1100. The highest BCUT2D eigenvalue weighted by Gasteiger charge is 2.36. The lowest BCUT2D eigenvalue weighted by atomic mass is 10.1. The Morgan fingerprint density at radius 2 is 1.81 bits per heavy atom.